The maximum Gasteiger partial charge on any atom is 0.324 e. The highest BCUT2D eigenvalue weighted by Gasteiger charge is 2.44. The Balaban J connectivity index is 1.33. The number of phenols is 1. The minimum absolute atomic E-state index is 0.157. The molecule has 1 aliphatic rings. The molecule has 1 aliphatic carbocycles. The molecule has 208 valence electrons. The molecular formula is C28H22Cl3N7O3. The van der Waals surface area contributed by atoms with Crippen LogP contribution in [0.2, 0.25) is 15.1 Å². The summed E-state index contributed by atoms with van der Waals surface area (Å²) in [5, 5.41) is 21.8. The molecule has 0 unspecified atom stereocenters. The van der Waals surface area contributed by atoms with Crippen molar-refractivity contribution in [2.75, 3.05) is 10.6 Å². The number of halogens is 3. The van der Waals surface area contributed by atoms with Gasteiger partial charge in [-0.25, -0.2) is 19.4 Å². The zero-order valence-electron chi connectivity index (χ0n) is 21.5. The number of aromatic hydroxyl groups is 1. The first kappa shape index (κ1) is 27.1. The Hall–Kier alpha value is -4.12. The lowest BCUT2D eigenvalue weighted by atomic mass is 10.0. The second-order valence-electron chi connectivity index (χ2n) is 10.1. The molecule has 2 aromatic carbocycles. The van der Waals surface area contributed by atoms with Crippen molar-refractivity contribution < 1.29 is 9.90 Å². The van der Waals surface area contributed by atoms with Gasteiger partial charge in [0.2, 0.25) is 0 Å². The Bertz CT molecular complexity index is 1860. The lowest BCUT2D eigenvalue weighted by molar-refractivity contribution is 0.262. The fraction of sp³-hybridized carbons (Fsp3) is 0.179. The maximum atomic E-state index is 13.4. The monoisotopic (exact) mass is 609 g/mol. The van der Waals surface area contributed by atoms with Crippen molar-refractivity contribution in [3.8, 4) is 11.4 Å². The minimum Gasteiger partial charge on any atom is -0.506 e. The van der Waals surface area contributed by atoms with Gasteiger partial charge in [0, 0.05) is 23.1 Å². The smallest absolute Gasteiger partial charge is 0.324 e. The average Bonchev–Trinajstić information content (AvgIpc) is 3.54. The van der Waals surface area contributed by atoms with Crippen LogP contribution in [0.3, 0.4) is 0 Å². The van der Waals surface area contributed by atoms with Crippen molar-refractivity contribution >= 4 is 63.4 Å². The van der Waals surface area contributed by atoms with Crippen LogP contribution in [0.5, 0.6) is 5.75 Å². The van der Waals surface area contributed by atoms with Crippen molar-refractivity contribution in [3.05, 3.63) is 97.2 Å². The second kappa shape index (κ2) is 10.4. The first-order valence-corrected chi connectivity index (χ1v) is 13.7. The number of anilines is 2. The van der Waals surface area contributed by atoms with Gasteiger partial charge >= 0.3 is 6.03 Å². The molecule has 3 aromatic heterocycles. The Kier molecular flexibility index (Phi) is 6.85. The quantitative estimate of drug-likeness (QED) is 0.163. The molecule has 0 bridgehead atoms. The first-order valence-electron chi connectivity index (χ1n) is 12.6. The second-order valence-corrected chi connectivity index (χ2v) is 11.3. The standard InChI is InChI=1S/C28H22Cl3N7O3/c1-28(7-8-28)24-22-25(38(37-24)23-16(30)12-15(29)13-17(23)31)34-21(35-26(22)40)11-14-5-6-18(19(39)10-14)33-27(41)36-20-4-2-3-9-32-20/h2-6,9-10,12-13,39H,7-8,11H2,1H3,(H,34,35,40)(H2,32,33,36,41). The molecular weight excluding hydrogens is 589 g/mol. The van der Waals surface area contributed by atoms with E-state index in [0.717, 1.165) is 12.8 Å². The highest BCUT2D eigenvalue weighted by Crippen LogP contribution is 2.49. The van der Waals surface area contributed by atoms with Gasteiger partial charge in [-0.3, -0.25) is 10.1 Å². The predicted octanol–water partition coefficient (Wildman–Crippen LogP) is 6.46. The SMILES string of the molecule is CC1(c2nn(-c3c(Cl)cc(Cl)cc3Cl)c3nc(Cc4ccc(NC(=O)Nc5ccccn5)c(O)c4)[nH]c(=O)c23)CC1. The van der Waals surface area contributed by atoms with Crippen LogP contribution in [0, 0.1) is 0 Å². The van der Waals surface area contributed by atoms with Gasteiger partial charge in [0.15, 0.2) is 5.65 Å². The number of fused-ring (bicyclic) bond motifs is 1. The van der Waals surface area contributed by atoms with Crippen LogP contribution >= 0.6 is 34.8 Å². The molecule has 3 heterocycles. The molecule has 10 nitrogen and oxygen atoms in total. The average molecular weight is 611 g/mol. The summed E-state index contributed by atoms with van der Waals surface area (Å²) in [7, 11) is 0. The van der Waals surface area contributed by atoms with E-state index in [0.29, 0.717) is 44.6 Å². The van der Waals surface area contributed by atoms with Crippen molar-refractivity contribution in [2.45, 2.75) is 31.6 Å². The fourth-order valence-electron chi connectivity index (χ4n) is 4.59. The van der Waals surface area contributed by atoms with Crippen LogP contribution in [0.4, 0.5) is 16.3 Å². The fourth-order valence-corrected chi connectivity index (χ4v) is 5.56. The summed E-state index contributed by atoms with van der Waals surface area (Å²) in [6.07, 6.45) is 3.51. The van der Waals surface area contributed by atoms with E-state index in [4.69, 9.17) is 44.9 Å². The van der Waals surface area contributed by atoms with Crippen LogP contribution in [0.15, 0.2) is 59.5 Å². The molecule has 0 spiro atoms. The molecule has 6 rings (SSSR count). The summed E-state index contributed by atoms with van der Waals surface area (Å²) in [4.78, 5) is 37.3. The number of hydrogen-bond acceptors (Lipinski definition) is 6. The molecule has 0 aliphatic heterocycles. The zero-order chi connectivity index (χ0) is 28.9. The molecule has 13 heteroatoms. The number of nitrogens with zero attached hydrogens (tertiary/aromatic N) is 4. The molecule has 2 amide bonds. The van der Waals surface area contributed by atoms with Gasteiger partial charge in [-0.15, -0.1) is 0 Å². The zero-order valence-corrected chi connectivity index (χ0v) is 23.8. The number of aromatic amines is 1. The Morgan fingerprint density at radius 3 is 2.51 bits per heavy atom. The van der Waals surface area contributed by atoms with Crippen molar-refractivity contribution in [1.29, 1.82) is 0 Å². The third-order valence-electron chi connectivity index (χ3n) is 6.94. The number of carbonyl (C=O) groups excluding carboxylic acids is 1. The number of rotatable bonds is 6. The topological polar surface area (TPSA) is 138 Å². The van der Waals surface area contributed by atoms with Crippen molar-refractivity contribution in [3.63, 3.8) is 0 Å². The lowest BCUT2D eigenvalue weighted by Gasteiger charge is -2.11. The van der Waals surface area contributed by atoms with Gasteiger partial charge in [-0.1, -0.05) is 53.9 Å². The maximum absolute atomic E-state index is 13.4. The van der Waals surface area contributed by atoms with E-state index in [1.165, 1.54) is 10.7 Å². The van der Waals surface area contributed by atoms with E-state index in [9.17, 15) is 14.7 Å². The highest BCUT2D eigenvalue weighted by atomic mass is 35.5. The van der Waals surface area contributed by atoms with Gasteiger partial charge in [-0.05, 0) is 54.8 Å². The number of urea groups is 1. The van der Waals surface area contributed by atoms with Crippen LogP contribution in [-0.4, -0.2) is 35.9 Å². The van der Waals surface area contributed by atoms with Crippen LogP contribution in [0.1, 0.15) is 36.8 Å². The number of benzene rings is 2. The molecule has 41 heavy (non-hydrogen) atoms. The number of aromatic nitrogens is 5. The summed E-state index contributed by atoms with van der Waals surface area (Å²) < 4.78 is 1.50. The van der Waals surface area contributed by atoms with E-state index in [1.54, 1.807) is 48.7 Å². The normalized spacial score (nSPS) is 13.8. The largest absolute Gasteiger partial charge is 0.506 e. The van der Waals surface area contributed by atoms with Gasteiger partial charge in [0.05, 0.1) is 21.4 Å². The summed E-state index contributed by atoms with van der Waals surface area (Å²) in [5.74, 6) is 0.548. The predicted molar refractivity (Wildman–Crippen MR) is 159 cm³/mol. The van der Waals surface area contributed by atoms with Gasteiger partial charge < -0.3 is 15.4 Å². The van der Waals surface area contributed by atoms with Crippen molar-refractivity contribution in [1.82, 2.24) is 24.7 Å². The Morgan fingerprint density at radius 1 is 1.10 bits per heavy atom. The number of H-pyrrole nitrogens is 1. The Morgan fingerprint density at radius 2 is 1.85 bits per heavy atom. The number of pyridine rings is 1. The van der Waals surface area contributed by atoms with E-state index in [2.05, 4.69) is 20.6 Å². The van der Waals surface area contributed by atoms with E-state index in [1.807, 2.05) is 6.92 Å². The third kappa shape index (κ3) is 5.33. The number of carbonyl (C=O) groups is 1. The Labute approximate surface area is 248 Å². The minimum atomic E-state index is -0.559. The van der Waals surface area contributed by atoms with Crippen LogP contribution in [-0.2, 0) is 11.8 Å². The highest BCUT2D eigenvalue weighted by molar-refractivity contribution is 6.40. The summed E-state index contributed by atoms with van der Waals surface area (Å²) >= 11 is 19.2. The number of hydrogen-bond donors (Lipinski definition) is 4. The first-order chi connectivity index (χ1) is 19.6. The number of phenolic OH excluding ortho intramolecular Hbond substituents is 1. The molecule has 1 fully saturated rings. The summed E-state index contributed by atoms with van der Waals surface area (Å²) in [6, 6.07) is 12.4. The van der Waals surface area contributed by atoms with E-state index < -0.39 is 6.03 Å². The molecule has 0 atom stereocenters. The van der Waals surface area contributed by atoms with Crippen LogP contribution in [0.25, 0.3) is 16.7 Å². The van der Waals surface area contributed by atoms with E-state index in [-0.39, 0.29) is 38.9 Å². The third-order valence-corrected chi connectivity index (χ3v) is 7.73. The van der Waals surface area contributed by atoms with Gasteiger partial charge in [0.25, 0.3) is 5.56 Å². The lowest BCUT2D eigenvalue weighted by Crippen LogP contribution is -2.20. The molecule has 4 N–H and O–H groups in total. The number of nitrogens with one attached hydrogen (secondary N) is 3. The van der Waals surface area contributed by atoms with E-state index >= 15 is 0 Å². The number of amides is 2. The molecule has 5 aromatic rings. The van der Waals surface area contributed by atoms with Crippen molar-refractivity contribution in [2.24, 2.45) is 0 Å². The molecule has 1 saturated carbocycles. The summed E-state index contributed by atoms with van der Waals surface area (Å²) in [6.45, 7) is 2.05. The summed E-state index contributed by atoms with van der Waals surface area (Å²) in [5.41, 5.74) is 1.57. The molecule has 0 saturated heterocycles. The molecule has 0 radical (unpaired) electrons. The van der Waals surface area contributed by atoms with Crippen LogP contribution < -0.4 is 16.2 Å². The van der Waals surface area contributed by atoms with Gasteiger partial charge in [-0.2, -0.15) is 5.10 Å². The van der Waals surface area contributed by atoms with Gasteiger partial charge in [0.1, 0.15) is 28.5 Å².